The maximum absolute atomic E-state index is 12.4. The van der Waals surface area contributed by atoms with Crippen molar-refractivity contribution < 1.29 is 4.79 Å². The molecule has 5 heteroatoms. The number of hydrogen-bond acceptors (Lipinski definition) is 4. The Bertz CT molecular complexity index is 740. The van der Waals surface area contributed by atoms with Crippen LogP contribution in [0.25, 0.3) is 11.3 Å². The van der Waals surface area contributed by atoms with Crippen LogP contribution in [-0.2, 0) is 4.79 Å². The smallest absolute Gasteiger partial charge is 0.224 e. The number of piperidine rings is 1. The molecule has 1 aromatic heterocycles. The Hall–Kier alpha value is -2.43. The zero-order valence-corrected chi connectivity index (χ0v) is 16.6. The number of nitrogens with one attached hydrogen (secondary N) is 1. The van der Waals surface area contributed by atoms with Crippen LogP contribution < -0.4 is 10.2 Å². The van der Waals surface area contributed by atoms with Gasteiger partial charge in [-0.2, -0.15) is 0 Å². The molecule has 3 rings (SSSR count). The summed E-state index contributed by atoms with van der Waals surface area (Å²) in [6, 6.07) is 12.3. The van der Waals surface area contributed by atoms with Crippen LogP contribution in [-0.4, -0.2) is 35.7 Å². The minimum atomic E-state index is 0.0319. The van der Waals surface area contributed by atoms with E-state index >= 15 is 0 Å². The Morgan fingerprint density at radius 2 is 1.96 bits per heavy atom. The van der Waals surface area contributed by atoms with Gasteiger partial charge in [-0.1, -0.05) is 43.7 Å². The van der Waals surface area contributed by atoms with E-state index in [0.717, 1.165) is 49.4 Å². The summed E-state index contributed by atoms with van der Waals surface area (Å²) >= 11 is 0. The van der Waals surface area contributed by atoms with Crippen LogP contribution in [0.15, 0.2) is 36.4 Å². The summed E-state index contributed by atoms with van der Waals surface area (Å²) in [7, 11) is 0. The SMILES string of the molecule is Cc1ccc(-c2ccc(N3CCC[C@@H](C(=O)NCCC(C)C)C3)nn2)cc1. The third-order valence-corrected chi connectivity index (χ3v) is 5.13. The standard InChI is InChI=1S/C22H30N4O/c1-16(2)12-13-23-22(27)19-5-4-14-26(15-19)21-11-10-20(24-25-21)18-8-6-17(3)7-9-18/h6-11,16,19H,4-5,12-15H2,1-3H3,(H,23,27)/t19-/m1/s1. The van der Waals surface area contributed by atoms with Crippen molar-refractivity contribution in [3.8, 4) is 11.3 Å². The monoisotopic (exact) mass is 366 g/mol. The summed E-state index contributed by atoms with van der Waals surface area (Å²) in [5.74, 6) is 1.66. The molecule has 0 saturated carbocycles. The number of carbonyl (C=O) groups excluding carboxylic acids is 1. The number of rotatable bonds is 6. The minimum Gasteiger partial charge on any atom is -0.356 e. The molecule has 1 saturated heterocycles. The van der Waals surface area contributed by atoms with E-state index in [2.05, 4.69) is 65.5 Å². The van der Waals surface area contributed by atoms with Gasteiger partial charge in [0, 0.05) is 25.2 Å². The van der Waals surface area contributed by atoms with Crippen LogP contribution in [0.5, 0.6) is 0 Å². The maximum atomic E-state index is 12.4. The Balaban J connectivity index is 1.60. The first-order chi connectivity index (χ1) is 13.0. The van der Waals surface area contributed by atoms with Crippen molar-refractivity contribution >= 4 is 11.7 Å². The largest absolute Gasteiger partial charge is 0.356 e. The van der Waals surface area contributed by atoms with Gasteiger partial charge in [0.25, 0.3) is 0 Å². The third kappa shape index (κ3) is 5.28. The van der Waals surface area contributed by atoms with Gasteiger partial charge in [-0.3, -0.25) is 4.79 Å². The zero-order valence-electron chi connectivity index (χ0n) is 16.6. The topological polar surface area (TPSA) is 58.1 Å². The van der Waals surface area contributed by atoms with Crippen molar-refractivity contribution in [2.45, 2.75) is 40.0 Å². The van der Waals surface area contributed by atoms with E-state index in [9.17, 15) is 4.79 Å². The van der Waals surface area contributed by atoms with E-state index in [-0.39, 0.29) is 11.8 Å². The van der Waals surface area contributed by atoms with Crippen LogP contribution in [0.2, 0.25) is 0 Å². The molecule has 0 radical (unpaired) electrons. The van der Waals surface area contributed by atoms with Crippen molar-refractivity contribution in [3.05, 3.63) is 42.0 Å². The van der Waals surface area contributed by atoms with Gasteiger partial charge in [0.05, 0.1) is 11.6 Å². The number of hydrogen-bond donors (Lipinski definition) is 1. The average Bonchev–Trinajstić information content (AvgIpc) is 2.68. The van der Waals surface area contributed by atoms with E-state index in [1.807, 2.05) is 12.1 Å². The van der Waals surface area contributed by atoms with E-state index < -0.39 is 0 Å². The van der Waals surface area contributed by atoms with Crippen LogP contribution >= 0.6 is 0 Å². The molecule has 1 aliphatic rings. The van der Waals surface area contributed by atoms with Crippen LogP contribution in [0.1, 0.15) is 38.7 Å². The molecule has 2 heterocycles. The fourth-order valence-corrected chi connectivity index (χ4v) is 3.40. The maximum Gasteiger partial charge on any atom is 0.224 e. The molecule has 1 atom stereocenters. The molecule has 1 aromatic carbocycles. The molecule has 1 N–H and O–H groups in total. The molecule has 1 aliphatic heterocycles. The number of amides is 1. The fourth-order valence-electron chi connectivity index (χ4n) is 3.40. The highest BCUT2D eigenvalue weighted by Gasteiger charge is 2.26. The molecule has 5 nitrogen and oxygen atoms in total. The van der Waals surface area contributed by atoms with Gasteiger partial charge < -0.3 is 10.2 Å². The molecule has 144 valence electrons. The Labute approximate surface area is 162 Å². The lowest BCUT2D eigenvalue weighted by molar-refractivity contribution is -0.125. The summed E-state index contributed by atoms with van der Waals surface area (Å²) in [6.45, 7) is 8.82. The van der Waals surface area contributed by atoms with E-state index in [0.29, 0.717) is 12.5 Å². The summed E-state index contributed by atoms with van der Waals surface area (Å²) in [5.41, 5.74) is 3.17. The van der Waals surface area contributed by atoms with Crippen LogP contribution in [0.4, 0.5) is 5.82 Å². The van der Waals surface area contributed by atoms with Crippen LogP contribution in [0.3, 0.4) is 0 Å². The van der Waals surface area contributed by atoms with Crippen LogP contribution in [0, 0.1) is 18.8 Å². The Kier molecular flexibility index (Phi) is 6.43. The third-order valence-electron chi connectivity index (χ3n) is 5.13. The summed E-state index contributed by atoms with van der Waals surface area (Å²) in [6.07, 6.45) is 2.97. The van der Waals surface area contributed by atoms with Crippen molar-refractivity contribution in [2.24, 2.45) is 11.8 Å². The van der Waals surface area contributed by atoms with Crippen molar-refractivity contribution in [1.29, 1.82) is 0 Å². The summed E-state index contributed by atoms with van der Waals surface area (Å²) in [5, 5.41) is 11.9. The molecule has 0 aliphatic carbocycles. The second kappa shape index (κ2) is 8.98. The van der Waals surface area contributed by atoms with Gasteiger partial charge in [-0.15, -0.1) is 10.2 Å². The van der Waals surface area contributed by atoms with Gasteiger partial charge in [0.1, 0.15) is 0 Å². The second-order valence-electron chi connectivity index (χ2n) is 7.90. The zero-order chi connectivity index (χ0) is 19.2. The average molecular weight is 367 g/mol. The molecular formula is C22H30N4O. The predicted molar refractivity (Wildman–Crippen MR) is 110 cm³/mol. The molecule has 0 bridgehead atoms. The molecule has 1 amide bonds. The lowest BCUT2D eigenvalue weighted by Crippen LogP contribution is -2.43. The first-order valence-corrected chi connectivity index (χ1v) is 9.96. The Morgan fingerprint density at radius 1 is 1.19 bits per heavy atom. The quantitative estimate of drug-likeness (QED) is 0.844. The highest BCUT2D eigenvalue weighted by molar-refractivity contribution is 5.79. The number of aromatic nitrogens is 2. The van der Waals surface area contributed by atoms with Crippen molar-refractivity contribution in [1.82, 2.24) is 15.5 Å². The molecule has 27 heavy (non-hydrogen) atoms. The van der Waals surface area contributed by atoms with Gasteiger partial charge in [-0.25, -0.2) is 0 Å². The first-order valence-electron chi connectivity index (χ1n) is 9.96. The fraction of sp³-hybridized carbons (Fsp3) is 0.500. The number of nitrogens with zero attached hydrogens (tertiary/aromatic N) is 3. The van der Waals surface area contributed by atoms with Gasteiger partial charge in [0.15, 0.2) is 5.82 Å². The molecular weight excluding hydrogens is 336 g/mol. The number of aryl methyl sites for hydroxylation is 1. The number of benzene rings is 1. The number of carbonyl (C=O) groups is 1. The molecule has 1 fully saturated rings. The van der Waals surface area contributed by atoms with Crippen molar-refractivity contribution in [3.63, 3.8) is 0 Å². The second-order valence-corrected chi connectivity index (χ2v) is 7.90. The lowest BCUT2D eigenvalue weighted by Gasteiger charge is -2.32. The first kappa shape index (κ1) is 19.3. The van der Waals surface area contributed by atoms with Gasteiger partial charge >= 0.3 is 0 Å². The molecule has 0 spiro atoms. The minimum absolute atomic E-state index is 0.0319. The molecule has 0 unspecified atom stereocenters. The highest BCUT2D eigenvalue weighted by atomic mass is 16.1. The normalized spacial score (nSPS) is 17.2. The Morgan fingerprint density at radius 3 is 2.63 bits per heavy atom. The lowest BCUT2D eigenvalue weighted by atomic mass is 9.97. The van der Waals surface area contributed by atoms with Gasteiger partial charge in [0.2, 0.25) is 5.91 Å². The molecule has 2 aromatic rings. The van der Waals surface area contributed by atoms with E-state index in [1.54, 1.807) is 0 Å². The predicted octanol–water partition coefficient (Wildman–Crippen LogP) is 3.83. The summed E-state index contributed by atoms with van der Waals surface area (Å²) in [4.78, 5) is 14.6. The summed E-state index contributed by atoms with van der Waals surface area (Å²) < 4.78 is 0. The van der Waals surface area contributed by atoms with Gasteiger partial charge in [-0.05, 0) is 44.2 Å². The highest BCUT2D eigenvalue weighted by Crippen LogP contribution is 2.23. The number of anilines is 1. The van der Waals surface area contributed by atoms with E-state index in [4.69, 9.17) is 0 Å². The van der Waals surface area contributed by atoms with E-state index in [1.165, 1.54) is 5.56 Å². The van der Waals surface area contributed by atoms with Crippen molar-refractivity contribution in [2.75, 3.05) is 24.5 Å².